The van der Waals surface area contributed by atoms with E-state index in [1.54, 1.807) is 24.3 Å². The molecule has 6 heteroatoms. The van der Waals surface area contributed by atoms with E-state index >= 15 is 0 Å². The quantitative estimate of drug-likeness (QED) is 0.721. The molecule has 0 spiro atoms. The first kappa shape index (κ1) is 15.5. The molecule has 3 aromatic rings. The van der Waals surface area contributed by atoms with Crippen LogP contribution in [-0.2, 0) is 0 Å². The highest BCUT2D eigenvalue weighted by Gasteiger charge is 2.33. The van der Waals surface area contributed by atoms with Gasteiger partial charge >= 0.3 is 0 Å². The second kappa shape index (κ2) is 6.47. The summed E-state index contributed by atoms with van der Waals surface area (Å²) in [6, 6.07) is 12.8. The van der Waals surface area contributed by atoms with Gasteiger partial charge in [0.25, 0.3) is 5.91 Å². The molecule has 1 aliphatic heterocycles. The van der Waals surface area contributed by atoms with Gasteiger partial charge in [0.1, 0.15) is 11.5 Å². The predicted octanol–water partition coefficient (Wildman–Crippen LogP) is 3.92. The Balaban J connectivity index is 1.60. The SMILES string of the molecule is COc1ccccc1-c1cc(C(=O)N2CCCC2c2ccco2)no1. The Hall–Kier alpha value is -3.02. The Morgan fingerprint density at radius 1 is 1.28 bits per heavy atom. The summed E-state index contributed by atoms with van der Waals surface area (Å²) in [5, 5.41) is 3.98. The minimum absolute atomic E-state index is 0.0473. The van der Waals surface area contributed by atoms with Crippen LogP contribution in [0, 0.1) is 0 Å². The number of hydrogen-bond acceptors (Lipinski definition) is 5. The number of carbonyl (C=O) groups excluding carboxylic acids is 1. The van der Waals surface area contributed by atoms with Crippen molar-refractivity contribution in [3.8, 4) is 17.1 Å². The maximum Gasteiger partial charge on any atom is 0.276 e. The topological polar surface area (TPSA) is 68.7 Å². The van der Waals surface area contributed by atoms with Gasteiger partial charge in [0.2, 0.25) is 0 Å². The molecule has 1 unspecified atom stereocenters. The zero-order valence-electron chi connectivity index (χ0n) is 13.8. The van der Waals surface area contributed by atoms with Crippen LogP contribution in [0.25, 0.3) is 11.3 Å². The molecule has 2 aromatic heterocycles. The van der Waals surface area contributed by atoms with E-state index in [0.29, 0.717) is 23.7 Å². The minimum Gasteiger partial charge on any atom is -0.496 e. The van der Waals surface area contributed by atoms with Crippen LogP contribution < -0.4 is 4.74 Å². The molecule has 128 valence electrons. The maximum absolute atomic E-state index is 12.9. The molecule has 3 heterocycles. The molecule has 4 rings (SSSR count). The number of likely N-dealkylation sites (tertiary alicyclic amines) is 1. The van der Waals surface area contributed by atoms with E-state index in [1.165, 1.54) is 0 Å². The molecule has 6 nitrogen and oxygen atoms in total. The lowest BCUT2D eigenvalue weighted by Crippen LogP contribution is -2.30. The van der Waals surface area contributed by atoms with E-state index in [1.807, 2.05) is 36.4 Å². The Bertz CT molecular complexity index is 869. The van der Waals surface area contributed by atoms with E-state index in [2.05, 4.69) is 5.16 Å². The van der Waals surface area contributed by atoms with Gasteiger partial charge < -0.3 is 18.6 Å². The molecule has 0 N–H and O–H groups in total. The third-order valence-electron chi connectivity index (χ3n) is 4.49. The van der Waals surface area contributed by atoms with E-state index in [0.717, 1.165) is 24.2 Å². The molecular weight excluding hydrogens is 320 g/mol. The molecule has 1 saturated heterocycles. The number of hydrogen-bond donors (Lipinski definition) is 0. The molecule has 0 saturated carbocycles. The first-order valence-corrected chi connectivity index (χ1v) is 8.22. The van der Waals surface area contributed by atoms with Crippen molar-refractivity contribution in [2.75, 3.05) is 13.7 Å². The van der Waals surface area contributed by atoms with Gasteiger partial charge in [-0.2, -0.15) is 0 Å². The number of para-hydroxylation sites is 1. The van der Waals surface area contributed by atoms with Crippen molar-refractivity contribution in [2.24, 2.45) is 0 Å². The van der Waals surface area contributed by atoms with Crippen molar-refractivity contribution in [2.45, 2.75) is 18.9 Å². The monoisotopic (exact) mass is 338 g/mol. The Morgan fingerprint density at radius 3 is 2.96 bits per heavy atom. The average Bonchev–Trinajstić information content (AvgIpc) is 3.41. The van der Waals surface area contributed by atoms with Crippen molar-refractivity contribution < 1.29 is 18.5 Å². The number of rotatable bonds is 4. The number of amides is 1. The zero-order valence-corrected chi connectivity index (χ0v) is 13.8. The first-order valence-electron chi connectivity index (χ1n) is 8.22. The molecule has 1 aliphatic rings. The summed E-state index contributed by atoms with van der Waals surface area (Å²) in [7, 11) is 1.60. The fourth-order valence-corrected chi connectivity index (χ4v) is 3.28. The maximum atomic E-state index is 12.9. The van der Waals surface area contributed by atoms with Crippen LogP contribution in [0.15, 0.2) is 57.7 Å². The van der Waals surface area contributed by atoms with Crippen LogP contribution in [-0.4, -0.2) is 29.6 Å². The number of aromatic nitrogens is 1. The average molecular weight is 338 g/mol. The van der Waals surface area contributed by atoms with Crippen molar-refractivity contribution in [3.05, 3.63) is 60.2 Å². The van der Waals surface area contributed by atoms with E-state index in [4.69, 9.17) is 13.7 Å². The van der Waals surface area contributed by atoms with E-state index in [9.17, 15) is 4.79 Å². The number of ether oxygens (including phenoxy) is 1. The normalized spacial score (nSPS) is 17.0. The summed E-state index contributed by atoms with van der Waals surface area (Å²) < 4.78 is 16.2. The van der Waals surface area contributed by atoms with Crippen molar-refractivity contribution in [1.82, 2.24) is 10.1 Å². The van der Waals surface area contributed by atoms with Crippen molar-refractivity contribution >= 4 is 5.91 Å². The molecule has 1 atom stereocenters. The largest absolute Gasteiger partial charge is 0.496 e. The van der Waals surface area contributed by atoms with Crippen LogP contribution >= 0.6 is 0 Å². The Labute approximate surface area is 145 Å². The highest BCUT2D eigenvalue weighted by atomic mass is 16.5. The lowest BCUT2D eigenvalue weighted by Gasteiger charge is -2.21. The number of furan rings is 1. The third-order valence-corrected chi connectivity index (χ3v) is 4.49. The van der Waals surface area contributed by atoms with Crippen LogP contribution in [0.4, 0.5) is 0 Å². The standard InChI is InChI=1S/C19H18N2O4/c1-23-16-8-3-2-6-13(16)18-12-14(20-25-18)19(22)21-10-4-7-15(21)17-9-5-11-24-17/h2-3,5-6,8-9,11-12,15H,4,7,10H2,1H3. The highest BCUT2D eigenvalue weighted by molar-refractivity contribution is 5.93. The van der Waals surface area contributed by atoms with E-state index < -0.39 is 0 Å². The molecule has 0 bridgehead atoms. The summed E-state index contributed by atoms with van der Waals surface area (Å²) in [6.45, 7) is 0.682. The van der Waals surface area contributed by atoms with Gasteiger partial charge in [-0.1, -0.05) is 17.3 Å². The smallest absolute Gasteiger partial charge is 0.276 e. The fraction of sp³-hybridized carbons (Fsp3) is 0.263. The molecule has 0 radical (unpaired) electrons. The third kappa shape index (κ3) is 2.80. The van der Waals surface area contributed by atoms with Gasteiger partial charge in [0.05, 0.1) is 25.0 Å². The van der Waals surface area contributed by atoms with E-state index in [-0.39, 0.29) is 11.9 Å². The van der Waals surface area contributed by atoms with Gasteiger partial charge in [0.15, 0.2) is 11.5 Å². The highest BCUT2D eigenvalue weighted by Crippen LogP contribution is 2.34. The Kier molecular flexibility index (Phi) is 4.01. The number of methoxy groups -OCH3 is 1. The molecule has 0 aliphatic carbocycles. The van der Waals surface area contributed by atoms with Crippen molar-refractivity contribution in [1.29, 1.82) is 0 Å². The number of nitrogens with zero attached hydrogens (tertiary/aromatic N) is 2. The molecule has 1 aromatic carbocycles. The zero-order chi connectivity index (χ0) is 17.2. The first-order chi connectivity index (χ1) is 12.3. The second-order valence-electron chi connectivity index (χ2n) is 5.95. The van der Waals surface area contributed by atoms with Gasteiger partial charge in [-0.25, -0.2) is 0 Å². The number of benzene rings is 1. The van der Waals surface area contributed by atoms with Gasteiger partial charge in [-0.3, -0.25) is 4.79 Å². The van der Waals surface area contributed by atoms with Crippen LogP contribution in [0.1, 0.15) is 35.1 Å². The molecule has 1 fully saturated rings. The fourth-order valence-electron chi connectivity index (χ4n) is 3.28. The summed E-state index contributed by atoms with van der Waals surface area (Å²) in [5.41, 5.74) is 1.06. The lowest BCUT2D eigenvalue weighted by molar-refractivity contribution is 0.0709. The van der Waals surface area contributed by atoms with Crippen LogP contribution in [0.3, 0.4) is 0 Å². The van der Waals surface area contributed by atoms with Gasteiger partial charge in [-0.05, 0) is 37.1 Å². The summed E-state index contributed by atoms with van der Waals surface area (Å²) in [4.78, 5) is 14.7. The lowest BCUT2D eigenvalue weighted by atomic mass is 10.1. The minimum atomic E-state index is -0.149. The van der Waals surface area contributed by atoms with Crippen LogP contribution in [0.2, 0.25) is 0 Å². The molecule has 25 heavy (non-hydrogen) atoms. The van der Waals surface area contributed by atoms with Crippen LogP contribution in [0.5, 0.6) is 5.75 Å². The van der Waals surface area contributed by atoms with Gasteiger partial charge in [0, 0.05) is 12.6 Å². The number of carbonyl (C=O) groups is 1. The molecule has 1 amide bonds. The van der Waals surface area contributed by atoms with Gasteiger partial charge in [-0.15, -0.1) is 0 Å². The summed E-state index contributed by atoms with van der Waals surface area (Å²) >= 11 is 0. The van der Waals surface area contributed by atoms with Crippen molar-refractivity contribution in [3.63, 3.8) is 0 Å². The Morgan fingerprint density at radius 2 is 2.16 bits per heavy atom. The predicted molar refractivity (Wildman–Crippen MR) is 90.2 cm³/mol. The second-order valence-corrected chi connectivity index (χ2v) is 5.95. The summed E-state index contributed by atoms with van der Waals surface area (Å²) in [5.74, 6) is 1.84. The summed E-state index contributed by atoms with van der Waals surface area (Å²) in [6.07, 6.45) is 3.46. The molecular formula is C19H18N2O4.